The Kier molecular flexibility index (Phi) is 10.0. The van der Waals surface area contributed by atoms with Crippen molar-refractivity contribution in [2.45, 2.75) is 64.5 Å². The number of rotatable bonds is 9. The van der Waals surface area contributed by atoms with Gasteiger partial charge in [-0.15, -0.1) is 0 Å². The first kappa shape index (κ1) is 33.7. The highest BCUT2D eigenvalue weighted by molar-refractivity contribution is 5.98. The molecule has 1 unspecified atom stereocenters. The van der Waals surface area contributed by atoms with Gasteiger partial charge in [0.25, 0.3) is 0 Å². The van der Waals surface area contributed by atoms with E-state index in [1.54, 1.807) is 41.6 Å². The number of aromatic nitrogens is 3. The number of nitrogens with zero attached hydrogens (tertiary/aromatic N) is 4. The number of fused-ring (bicyclic) bond motifs is 1. The maximum atomic E-state index is 13.3. The molecule has 0 saturated carbocycles. The summed E-state index contributed by atoms with van der Waals surface area (Å²) in [7, 11) is 1.04. The van der Waals surface area contributed by atoms with Crippen LogP contribution in [0, 0.1) is 6.92 Å². The normalized spacial score (nSPS) is 16.1. The van der Waals surface area contributed by atoms with E-state index in [0.29, 0.717) is 58.4 Å². The van der Waals surface area contributed by atoms with E-state index in [-0.39, 0.29) is 12.1 Å². The topological polar surface area (TPSA) is 111 Å². The van der Waals surface area contributed by atoms with Gasteiger partial charge in [0.2, 0.25) is 11.8 Å². The molecule has 0 radical (unpaired) electrons. The summed E-state index contributed by atoms with van der Waals surface area (Å²) >= 11 is 0. The molecule has 4 aromatic rings. The molecule has 47 heavy (non-hydrogen) atoms. The Balaban J connectivity index is 1.37. The monoisotopic (exact) mass is 652 g/mol. The number of benzene rings is 2. The van der Waals surface area contributed by atoms with E-state index in [0.717, 1.165) is 25.5 Å². The van der Waals surface area contributed by atoms with Crippen molar-refractivity contribution in [3.05, 3.63) is 66.5 Å². The molecule has 0 spiro atoms. The minimum atomic E-state index is -4.50. The first-order valence-corrected chi connectivity index (χ1v) is 15.4. The lowest BCUT2D eigenvalue weighted by atomic mass is 10.0. The Labute approximate surface area is 271 Å². The summed E-state index contributed by atoms with van der Waals surface area (Å²) in [5, 5.41) is 7.63. The first-order valence-electron chi connectivity index (χ1n) is 15.4. The standard InChI is InChI=1S/C34H39F3N6O4/c1-21-13-14-23-24(10-6-12-26(23)40-19-28(45-5)34(35,36)37)29(21)46-30-25(11-7-16-38-30)27-15-17-39-31(42-27)41-22-9-8-18-43(20-22)32(44)47-33(2,3)4/h6-7,10-17,22,28,40H,8-9,18-20H2,1-5H3,(H,39,41,42)/t22-,28?/m0/s1. The number of likely N-dealkylation sites (tertiary alicyclic amines) is 1. The molecule has 2 atom stereocenters. The average molecular weight is 653 g/mol. The zero-order chi connectivity index (χ0) is 33.8. The van der Waals surface area contributed by atoms with Gasteiger partial charge in [-0.05, 0) is 70.4 Å². The van der Waals surface area contributed by atoms with Crippen LogP contribution in [0.1, 0.15) is 39.2 Å². The van der Waals surface area contributed by atoms with E-state index in [9.17, 15) is 18.0 Å². The van der Waals surface area contributed by atoms with Crippen LogP contribution in [-0.4, -0.2) is 76.6 Å². The predicted molar refractivity (Wildman–Crippen MR) is 174 cm³/mol. The second-order valence-electron chi connectivity index (χ2n) is 12.4. The quantitative estimate of drug-likeness (QED) is 0.189. The molecule has 1 aliphatic heterocycles. The number of nitrogens with one attached hydrogen (secondary N) is 2. The third kappa shape index (κ3) is 8.39. The summed E-state index contributed by atoms with van der Waals surface area (Å²) in [6, 6.07) is 14.3. The predicted octanol–water partition coefficient (Wildman–Crippen LogP) is 7.59. The zero-order valence-electron chi connectivity index (χ0n) is 27.0. The van der Waals surface area contributed by atoms with Crippen LogP contribution in [0.15, 0.2) is 60.9 Å². The SMILES string of the molecule is COC(CNc1cccc2c(Oc3ncccc3-c3ccnc(N[C@H]4CCCN(C(=O)OC(C)(C)C)C4)n3)c(C)ccc12)C(F)(F)F. The van der Waals surface area contributed by atoms with Gasteiger partial charge in [-0.1, -0.05) is 24.3 Å². The Morgan fingerprint density at radius 1 is 1.04 bits per heavy atom. The molecule has 2 N–H and O–H groups in total. The van der Waals surface area contributed by atoms with E-state index in [4.69, 9.17) is 14.5 Å². The van der Waals surface area contributed by atoms with Gasteiger partial charge in [0.05, 0.1) is 17.8 Å². The fraction of sp³-hybridized carbons (Fsp3) is 0.412. The Morgan fingerprint density at radius 3 is 2.60 bits per heavy atom. The number of carbonyl (C=O) groups excluding carboxylic acids is 1. The van der Waals surface area contributed by atoms with E-state index in [1.807, 2.05) is 52.0 Å². The number of aryl methyl sites for hydroxylation is 1. The van der Waals surface area contributed by atoms with E-state index in [1.165, 1.54) is 0 Å². The molecule has 3 heterocycles. The maximum Gasteiger partial charge on any atom is 0.416 e. The second kappa shape index (κ2) is 14.0. The maximum absolute atomic E-state index is 13.3. The van der Waals surface area contributed by atoms with Crippen molar-refractivity contribution in [3.63, 3.8) is 0 Å². The molecule has 0 aliphatic carbocycles. The van der Waals surface area contributed by atoms with Crippen LogP contribution >= 0.6 is 0 Å². The van der Waals surface area contributed by atoms with Crippen LogP contribution in [0.4, 0.5) is 29.6 Å². The molecule has 2 aromatic carbocycles. The number of halogens is 3. The van der Waals surface area contributed by atoms with Gasteiger partial charge in [0.15, 0.2) is 6.10 Å². The molecular weight excluding hydrogens is 613 g/mol. The Bertz CT molecular complexity index is 1710. The van der Waals surface area contributed by atoms with Crippen LogP contribution in [-0.2, 0) is 9.47 Å². The van der Waals surface area contributed by atoms with E-state index >= 15 is 0 Å². The molecule has 1 fully saturated rings. The third-order valence-electron chi connectivity index (χ3n) is 7.64. The molecule has 0 bridgehead atoms. The summed E-state index contributed by atoms with van der Waals surface area (Å²) in [5.74, 6) is 1.22. The lowest BCUT2D eigenvalue weighted by Crippen LogP contribution is -2.47. The van der Waals surface area contributed by atoms with Gasteiger partial charge in [-0.3, -0.25) is 0 Å². The van der Waals surface area contributed by atoms with Crippen molar-refractivity contribution in [2.75, 3.05) is 37.4 Å². The highest BCUT2D eigenvalue weighted by atomic mass is 19.4. The molecule has 1 amide bonds. The van der Waals surface area contributed by atoms with Crippen LogP contribution < -0.4 is 15.4 Å². The smallest absolute Gasteiger partial charge is 0.416 e. The van der Waals surface area contributed by atoms with Crippen molar-refractivity contribution >= 4 is 28.5 Å². The van der Waals surface area contributed by atoms with Crippen LogP contribution in [0.5, 0.6) is 11.6 Å². The Hall–Kier alpha value is -4.65. The van der Waals surface area contributed by atoms with Crippen LogP contribution in [0.25, 0.3) is 22.0 Å². The van der Waals surface area contributed by atoms with Crippen molar-refractivity contribution in [1.29, 1.82) is 0 Å². The molecule has 13 heteroatoms. The summed E-state index contributed by atoms with van der Waals surface area (Å²) in [5.41, 5.74) is 1.94. The first-order chi connectivity index (χ1) is 22.3. The highest BCUT2D eigenvalue weighted by Gasteiger charge is 2.39. The number of methoxy groups -OCH3 is 1. The molecular formula is C34H39F3N6O4. The van der Waals surface area contributed by atoms with E-state index < -0.39 is 24.4 Å². The molecule has 1 aliphatic rings. The summed E-state index contributed by atoms with van der Waals surface area (Å²) in [4.78, 5) is 28.0. The van der Waals surface area contributed by atoms with Crippen LogP contribution in [0.2, 0.25) is 0 Å². The molecule has 5 rings (SSSR count). The molecule has 250 valence electrons. The number of alkyl halides is 3. The van der Waals surface area contributed by atoms with Gasteiger partial charge < -0.3 is 29.7 Å². The fourth-order valence-electron chi connectivity index (χ4n) is 5.38. The third-order valence-corrected chi connectivity index (χ3v) is 7.64. The van der Waals surface area contributed by atoms with Gasteiger partial charge in [0, 0.05) is 55.1 Å². The number of piperidine rings is 1. The number of carbonyl (C=O) groups is 1. The number of hydrogen-bond acceptors (Lipinski definition) is 9. The number of ether oxygens (including phenoxy) is 3. The molecule has 2 aromatic heterocycles. The van der Waals surface area contributed by atoms with Gasteiger partial charge in [0.1, 0.15) is 11.4 Å². The highest BCUT2D eigenvalue weighted by Crippen LogP contribution is 2.39. The number of hydrogen-bond donors (Lipinski definition) is 2. The lowest BCUT2D eigenvalue weighted by Gasteiger charge is -2.34. The lowest BCUT2D eigenvalue weighted by molar-refractivity contribution is -0.207. The van der Waals surface area contributed by atoms with Crippen molar-refractivity contribution in [3.8, 4) is 22.9 Å². The van der Waals surface area contributed by atoms with Gasteiger partial charge in [-0.25, -0.2) is 19.7 Å². The number of amides is 1. The van der Waals surface area contributed by atoms with Gasteiger partial charge in [-0.2, -0.15) is 13.2 Å². The number of anilines is 2. The summed E-state index contributed by atoms with van der Waals surface area (Å²) in [6.07, 6.45) is -1.89. The zero-order valence-corrected chi connectivity index (χ0v) is 27.0. The number of pyridine rings is 1. The van der Waals surface area contributed by atoms with Crippen LogP contribution in [0.3, 0.4) is 0 Å². The minimum Gasteiger partial charge on any atom is -0.444 e. The van der Waals surface area contributed by atoms with Crippen molar-refractivity contribution in [1.82, 2.24) is 19.9 Å². The molecule has 10 nitrogen and oxygen atoms in total. The van der Waals surface area contributed by atoms with Gasteiger partial charge >= 0.3 is 12.3 Å². The molecule has 1 saturated heterocycles. The fourth-order valence-corrected chi connectivity index (χ4v) is 5.38. The summed E-state index contributed by atoms with van der Waals surface area (Å²) < 4.78 is 56.5. The minimum absolute atomic E-state index is 0.0624. The van der Waals surface area contributed by atoms with Crippen molar-refractivity contribution in [2.24, 2.45) is 0 Å². The van der Waals surface area contributed by atoms with Crippen molar-refractivity contribution < 1.29 is 32.2 Å². The van der Waals surface area contributed by atoms with E-state index in [2.05, 4.69) is 25.3 Å². The average Bonchev–Trinajstić information content (AvgIpc) is 3.02. The largest absolute Gasteiger partial charge is 0.444 e. The summed E-state index contributed by atoms with van der Waals surface area (Å²) in [6.45, 7) is 8.06. The second-order valence-corrected chi connectivity index (χ2v) is 12.4. The Morgan fingerprint density at radius 2 is 1.85 bits per heavy atom.